The lowest BCUT2D eigenvalue weighted by molar-refractivity contribution is -0.145. The lowest BCUT2D eigenvalue weighted by atomic mass is 9.85. The van der Waals surface area contributed by atoms with Crippen LogP contribution >= 0.6 is 0 Å². The summed E-state index contributed by atoms with van der Waals surface area (Å²) in [4.78, 5) is 11.7. The molecule has 0 aliphatic heterocycles. The van der Waals surface area contributed by atoms with Gasteiger partial charge in [0, 0.05) is 6.04 Å². The van der Waals surface area contributed by atoms with E-state index in [0.717, 1.165) is 38.0 Å². The summed E-state index contributed by atoms with van der Waals surface area (Å²) in [6.45, 7) is 2.19. The number of methoxy groups -OCH3 is 1. The van der Waals surface area contributed by atoms with Crippen molar-refractivity contribution in [2.45, 2.75) is 69.6 Å². The van der Waals surface area contributed by atoms with Gasteiger partial charge >= 0.3 is 5.97 Å². The summed E-state index contributed by atoms with van der Waals surface area (Å²) in [7, 11) is -2.12. The summed E-state index contributed by atoms with van der Waals surface area (Å²) in [5.74, 6) is -0.155. The van der Waals surface area contributed by atoms with E-state index in [4.69, 9.17) is 4.74 Å². The number of sulfonamides is 1. The second-order valence-corrected chi connectivity index (χ2v) is 8.32. The number of hydrogen-bond donors (Lipinski definition) is 1. The van der Waals surface area contributed by atoms with E-state index in [2.05, 4.69) is 11.6 Å². The van der Waals surface area contributed by atoms with Crippen LogP contribution in [0.5, 0.6) is 0 Å². The molecular weight excluding hydrogens is 290 g/mol. The molecule has 0 aromatic rings. The molecule has 21 heavy (non-hydrogen) atoms. The minimum absolute atomic E-state index is 0.0386. The number of ether oxygens (including phenoxy) is 1. The Kier molecular flexibility index (Phi) is 5.66. The smallest absolute Gasteiger partial charge is 0.310 e. The van der Waals surface area contributed by atoms with E-state index in [1.165, 1.54) is 13.5 Å². The molecule has 2 aliphatic rings. The van der Waals surface area contributed by atoms with Crippen LogP contribution in [0.25, 0.3) is 0 Å². The minimum atomic E-state index is -3.44. The Morgan fingerprint density at radius 1 is 1.14 bits per heavy atom. The van der Waals surface area contributed by atoms with Crippen molar-refractivity contribution in [2.24, 2.45) is 11.8 Å². The first-order valence-electron chi connectivity index (χ1n) is 8.07. The van der Waals surface area contributed by atoms with E-state index in [1.807, 2.05) is 0 Å². The van der Waals surface area contributed by atoms with Crippen molar-refractivity contribution in [3.8, 4) is 0 Å². The Morgan fingerprint density at radius 2 is 1.81 bits per heavy atom. The van der Waals surface area contributed by atoms with Crippen LogP contribution in [0.15, 0.2) is 0 Å². The van der Waals surface area contributed by atoms with E-state index in [1.54, 1.807) is 0 Å². The third-order valence-electron chi connectivity index (χ3n) is 5.11. The van der Waals surface area contributed by atoms with E-state index in [-0.39, 0.29) is 6.04 Å². The first kappa shape index (κ1) is 16.7. The Balaban J connectivity index is 1.97. The second-order valence-electron chi connectivity index (χ2n) is 6.39. The van der Waals surface area contributed by atoms with Crippen LogP contribution in [0.4, 0.5) is 0 Å². The van der Waals surface area contributed by atoms with Crippen LogP contribution in [0.3, 0.4) is 0 Å². The quantitative estimate of drug-likeness (QED) is 0.789. The summed E-state index contributed by atoms with van der Waals surface area (Å²) in [5.41, 5.74) is 0. The van der Waals surface area contributed by atoms with Crippen LogP contribution in [0, 0.1) is 11.8 Å². The maximum Gasteiger partial charge on any atom is 0.310 e. The summed E-state index contributed by atoms with van der Waals surface area (Å²) in [5, 5.41) is -0.617. The summed E-state index contributed by atoms with van der Waals surface area (Å²) < 4.78 is 32.7. The van der Waals surface area contributed by atoms with Gasteiger partial charge in [0.1, 0.15) is 0 Å². The van der Waals surface area contributed by atoms with Crippen molar-refractivity contribution in [2.75, 3.05) is 7.11 Å². The lowest BCUT2D eigenvalue weighted by Gasteiger charge is -2.29. The van der Waals surface area contributed by atoms with Gasteiger partial charge in [-0.05, 0) is 44.4 Å². The first-order chi connectivity index (χ1) is 9.97. The van der Waals surface area contributed by atoms with Crippen LogP contribution in [-0.4, -0.2) is 32.8 Å². The Morgan fingerprint density at radius 3 is 2.38 bits per heavy atom. The molecular formula is C15H27NO4S. The van der Waals surface area contributed by atoms with Crippen molar-refractivity contribution in [3.05, 3.63) is 0 Å². The predicted octanol–water partition coefficient (Wildman–Crippen LogP) is 2.22. The largest absolute Gasteiger partial charge is 0.469 e. The van der Waals surface area contributed by atoms with E-state index in [9.17, 15) is 13.2 Å². The highest BCUT2D eigenvalue weighted by atomic mass is 32.2. The maximum atomic E-state index is 12.6. The molecule has 2 rings (SSSR count). The van der Waals surface area contributed by atoms with Crippen LogP contribution < -0.4 is 4.72 Å². The van der Waals surface area contributed by atoms with E-state index >= 15 is 0 Å². The number of hydrogen-bond acceptors (Lipinski definition) is 4. The summed E-state index contributed by atoms with van der Waals surface area (Å²) in [6, 6.07) is 0.0386. The fourth-order valence-corrected chi connectivity index (χ4v) is 5.76. The van der Waals surface area contributed by atoms with E-state index < -0.39 is 27.2 Å². The minimum Gasteiger partial charge on any atom is -0.469 e. The molecule has 0 spiro atoms. The Labute approximate surface area is 127 Å². The molecule has 0 amide bonds. The molecule has 6 heteroatoms. The van der Waals surface area contributed by atoms with Crippen LogP contribution in [0.1, 0.15) is 58.3 Å². The maximum absolute atomic E-state index is 12.6. The van der Waals surface area contributed by atoms with Gasteiger partial charge in [-0.1, -0.05) is 19.8 Å². The molecule has 0 aromatic carbocycles. The lowest BCUT2D eigenvalue weighted by Crippen LogP contribution is -2.45. The van der Waals surface area contributed by atoms with Gasteiger partial charge in [0.05, 0.1) is 18.3 Å². The van der Waals surface area contributed by atoms with Crippen molar-refractivity contribution in [1.82, 2.24) is 4.72 Å². The molecule has 2 saturated carbocycles. The molecule has 2 aliphatic carbocycles. The van der Waals surface area contributed by atoms with Crippen LogP contribution in [0.2, 0.25) is 0 Å². The highest BCUT2D eigenvalue weighted by Gasteiger charge is 2.43. The van der Waals surface area contributed by atoms with Gasteiger partial charge in [-0.3, -0.25) is 4.79 Å². The zero-order valence-electron chi connectivity index (χ0n) is 13.0. The molecule has 1 N–H and O–H groups in total. The zero-order valence-corrected chi connectivity index (χ0v) is 13.8. The number of carbonyl (C=O) groups is 1. The van der Waals surface area contributed by atoms with E-state index in [0.29, 0.717) is 12.8 Å². The van der Waals surface area contributed by atoms with Gasteiger partial charge in [-0.2, -0.15) is 0 Å². The molecule has 0 saturated heterocycles. The average Bonchev–Trinajstić information content (AvgIpc) is 2.97. The fraction of sp³-hybridized carbons (Fsp3) is 0.933. The van der Waals surface area contributed by atoms with Gasteiger partial charge in [-0.15, -0.1) is 0 Å². The summed E-state index contributed by atoms with van der Waals surface area (Å²) in [6.07, 6.45) is 7.12. The first-order valence-corrected chi connectivity index (χ1v) is 9.61. The molecule has 2 atom stereocenters. The van der Waals surface area contributed by atoms with Crippen molar-refractivity contribution in [3.63, 3.8) is 0 Å². The van der Waals surface area contributed by atoms with Crippen molar-refractivity contribution < 1.29 is 17.9 Å². The zero-order chi connectivity index (χ0) is 15.5. The number of esters is 1. The molecule has 5 nitrogen and oxygen atoms in total. The molecule has 0 radical (unpaired) electrons. The van der Waals surface area contributed by atoms with Crippen LogP contribution in [-0.2, 0) is 19.6 Å². The Hall–Kier alpha value is -0.620. The molecule has 0 aromatic heterocycles. The highest BCUT2D eigenvalue weighted by molar-refractivity contribution is 7.90. The summed E-state index contributed by atoms with van der Waals surface area (Å²) >= 11 is 0. The molecule has 2 fully saturated rings. The predicted molar refractivity (Wildman–Crippen MR) is 81.2 cm³/mol. The second kappa shape index (κ2) is 7.09. The number of carbonyl (C=O) groups excluding carboxylic acids is 1. The SMILES string of the molecule is CCC1CCC(NS(=O)(=O)C2CCCC2C(=O)OC)CC1. The standard InChI is InChI=1S/C15H27NO4S/c1-3-11-7-9-12(10-8-11)16-21(18,19)14-6-4-5-13(14)15(17)20-2/h11-14,16H,3-10H2,1-2H3. The normalized spacial score (nSPS) is 33.8. The van der Waals surface area contributed by atoms with Crippen molar-refractivity contribution >= 4 is 16.0 Å². The highest BCUT2D eigenvalue weighted by Crippen LogP contribution is 2.33. The van der Waals surface area contributed by atoms with Gasteiger partial charge in [0.15, 0.2) is 0 Å². The van der Waals surface area contributed by atoms with Gasteiger partial charge in [0.25, 0.3) is 0 Å². The van der Waals surface area contributed by atoms with Crippen molar-refractivity contribution in [1.29, 1.82) is 0 Å². The van der Waals surface area contributed by atoms with Gasteiger partial charge in [-0.25, -0.2) is 13.1 Å². The molecule has 0 bridgehead atoms. The number of nitrogens with one attached hydrogen (secondary N) is 1. The third kappa shape index (κ3) is 3.97. The topological polar surface area (TPSA) is 72.5 Å². The molecule has 0 heterocycles. The van der Waals surface area contributed by atoms with Gasteiger partial charge in [0.2, 0.25) is 10.0 Å². The third-order valence-corrected chi connectivity index (χ3v) is 7.13. The Bertz CT molecular complexity index is 454. The average molecular weight is 317 g/mol. The number of rotatable bonds is 5. The molecule has 2 unspecified atom stereocenters. The van der Waals surface area contributed by atoms with Gasteiger partial charge < -0.3 is 4.74 Å². The fourth-order valence-electron chi connectivity index (χ4n) is 3.73. The monoisotopic (exact) mass is 317 g/mol. The molecule has 122 valence electrons.